The normalized spacial score (nSPS) is 15.7. The first-order valence-electron chi connectivity index (χ1n) is 7.58. The van der Waals surface area contributed by atoms with Gasteiger partial charge in [-0.2, -0.15) is 0 Å². The van der Waals surface area contributed by atoms with E-state index in [0.29, 0.717) is 24.6 Å². The zero-order valence-corrected chi connectivity index (χ0v) is 13.3. The number of piperidine rings is 1. The number of hydrogen-bond donors (Lipinski definition) is 1. The van der Waals surface area contributed by atoms with Gasteiger partial charge in [0, 0.05) is 13.1 Å². The Kier molecular flexibility index (Phi) is 4.53. The molecule has 3 rings (SSSR count). The van der Waals surface area contributed by atoms with Gasteiger partial charge in [-0.05, 0) is 54.7 Å². The predicted molar refractivity (Wildman–Crippen MR) is 87.4 cm³/mol. The summed E-state index contributed by atoms with van der Waals surface area (Å²) in [6.07, 6.45) is 1.71. The van der Waals surface area contributed by atoms with Gasteiger partial charge in [-0.3, -0.25) is 4.79 Å². The number of nitrogens with zero attached hydrogens (tertiary/aromatic N) is 1. The Labute approximate surface area is 139 Å². The van der Waals surface area contributed by atoms with Crippen LogP contribution in [0.25, 0.3) is 0 Å². The number of amides is 1. The molecule has 0 atom stereocenters. The zero-order valence-electron chi connectivity index (χ0n) is 12.5. The van der Waals surface area contributed by atoms with Gasteiger partial charge in [-0.25, -0.2) is 4.39 Å². The van der Waals surface area contributed by atoms with Crippen LogP contribution in [0.3, 0.4) is 0 Å². The molecular weight excluding hydrogens is 317 g/mol. The molecule has 0 aromatic heterocycles. The molecule has 3 nitrogen and oxygen atoms in total. The van der Waals surface area contributed by atoms with E-state index in [0.717, 1.165) is 18.9 Å². The highest BCUT2D eigenvalue weighted by atomic mass is 35.5. The summed E-state index contributed by atoms with van der Waals surface area (Å²) in [5.74, 6) is 0.0346. The fraction of sp³-hybridized carbons (Fsp3) is 0.278. The molecule has 0 radical (unpaired) electrons. The van der Waals surface area contributed by atoms with Crippen molar-refractivity contribution in [1.29, 1.82) is 0 Å². The molecule has 1 aliphatic heterocycles. The summed E-state index contributed by atoms with van der Waals surface area (Å²) < 4.78 is 13.1. The van der Waals surface area contributed by atoms with E-state index in [-0.39, 0.29) is 16.7 Å². The summed E-state index contributed by atoms with van der Waals surface area (Å²) in [6, 6.07) is 11.1. The molecule has 5 heteroatoms. The summed E-state index contributed by atoms with van der Waals surface area (Å²) in [5.41, 5.74) is 1.52. The van der Waals surface area contributed by atoms with Crippen LogP contribution in [0.1, 0.15) is 34.7 Å². The standard InChI is InChI=1S/C18H17ClFNO2/c19-17-11-14(20)3-6-16(17)18(23)21-9-7-13(8-10-21)12-1-4-15(22)5-2-12/h1-6,11,13,22H,7-10H2. The molecule has 1 fully saturated rings. The number of carbonyl (C=O) groups excluding carboxylic acids is 1. The van der Waals surface area contributed by atoms with E-state index >= 15 is 0 Å². The molecule has 0 aliphatic carbocycles. The number of carbonyl (C=O) groups is 1. The van der Waals surface area contributed by atoms with E-state index in [1.54, 1.807) is 17.0 Å². The highest BCUT2D eigenvalue weighted by molar-refractivity contribution is 6.33. The van der Waals surface area contributed by atoms with Crippen LogP contribution in [0.5, 0.6) is 5.75 Å². The minimum atomic E-state index is -0.447. The molecule has 1 heterocycles. The van der Waals surface area contributed by atoms with Crippen LogP contribution in [-0.4, -0.2) is 29.0 Å². The highest BCUT2D eigenvalue weighted by Gasteiger charge is 2.25. The molecule has 1 amide bonds. The van der Waals surface area contributed by atoms with Crippen LogP contribution in [0.15, 0.2) is 42.5 Å². The lowest BCUT2D eigenvalue weighted by Gasteiger charge is -2.32. The van der Waals surface area contributed by atoms with Crippen LogP contribution in [0, 0.1) is 5.82 Å². The molecule has 120 valence electrons. The fourth-order valence-electron chi connectivity index (χ4n) is 3.00. The van der Waals surface area contributed by atoms with Gasteiger partial charge in [0.05, 0.1) is 10.6 Å². The Morgan fingerprint density at radius 1 is 1.13 bits per heavy atom. The largest absolute Gasteiger partial charge is 0.508 e. The minimum absolute atomic E-state index is 0.149. The number of aromatic hydroxyl groups is 1. The summed E-state index contributed by atoms with van der Waals surface area (Å²) in [7, 11) is 0. The second-order valence-electron chi connectivity index (χ2n) is 5.78. The Morgan fingerprint density at radius 3 is 2.39 bits per heavy atom. The maximum Gasteiger partial charge on any atom is 0.255 e. The van der Waals surface area contributed by atoms with Gasteiger partial charge in [0.2, 0.25) is 0 Å². The van der Waals surface area contributed by atoms with Crippen molar-refractivity contribution in [2.75, 3.05) is 13.1 Å². The van der Waals surface area contributed by atoms with Crippen molar-refractivity contribution in [2.24, 2.45) is 0 Å². The van der Waals surface area contributed by atoms with Crippen LogP contribution < -0.4 is 0 Å². The van der Waals surface area contributed by atoms with Gasteiger partial charge in [-0.1, -0.05) is 23.7 Å². The van der Waals surface area contributed by atoms with Crippen molar-refractivity contribution in [3.05, 3.63) is 64.4 Å². The predicted octanol–water partition coefficient (Wildman–Crippen LogP) is 4.20. The SMILES string of the molecule is O=C(c1ccc(F)cc1Cl)N1CCC(c2ccc(O)cc2)CC1. The monoisotopic (exact) mass is 333 g/mol. The topological polar surface area (TPSA) is 40.5 Å². The van der Waals surface area contributed by atoms with Crippen molar-refractivity contribution >= 4 is 17.5 Å². The highest BCUT2D eigenvalue weighted by Crippen LogP contribution is 2.30. The van der Waals surface area contributed by atoms with Gasteiger partial charge in [-0.15, -0.1) is 0 Å². The molecule has 23 heavy (non-hydrogen) atoms. The third-order valence-corrected chi connectivity index (χ3v) is 4.62. The molecule has 0 spiro atoms. The summed E-state index contributed by atoms with van der Waals surface area (Å²) in [6.45, 7) is 1.27. The van der Waals surface area contributed by atoms with Crippen molar-refractivity contribution < 1.29 is 14.3 Å². The van der Waals surface area contributed by atoms with E-state index in [4.69, 9.17) is 11.6 Å². The Balaban J connectivity index is 1.66. The maximum atomic E-state index is 13.1. The first-order valence-corrected chi connectivity index (χ1v) is 7.95. The van der Waals surface area contributed by atoms with Crippen molar-refractivity contribution in [1.82, 2.24) is 4.90 Å². The Bertz CT molecular complexity index is 709. The minimum Gasteiger partial charge on any atom is -0.508 e. The van der Waals surface area contributed by atoms with Crippen molar-refractivity contribution in [3.63, 3.8) is 0 Å². The van der Waals surface area contributed by atoms with E-state index in [1.165, 1.54) is 17.7 Å². The number of phenolic OH excluding ortho intramolecular Hbond substituents is 1. The van der Waals surface area contributed by atoms with Crippen LogP contribution >= 0.6 is 11.6 Å². The molecule has 1 N–H and O–H groups in total. The van der Waals surface area contributed by atoms with Crippen LogP contribution in [0.2, 0.25) is 5.02 Å². The Hall–Kier alpha value is -2.07. The zero-order chi connectivity index (χ0) is 16.4. The van der Waals surface area contributed by atoms with E-state index in [2.05, 4.69) is 0 Å². The maximum absolute atomic E-state index is 13.1. The second-order valence-corrected chi connectivity index (χ2v) is 6.19. The van der Waals surface area contributed by atoms with E-state index < -0.39 is 5.82 Å². The lowest BCUT2D eigenvalue weighted by molar-refractivity contribution is 0.0713. The van der Waals surface area contributed by atoms with Crippen LogP contribution in [-0.2, 0) is 0 Å². The van der Waals surface area contributed by atoms with Gasteiger partial charge < -0.3 is 10.0 Å². The van der Waals surface area contributed by atoms with Gasteiger partial charge in [0.1, 0.15) is 11.6 Å². The van der Waals surface area contributed by atoms with E-state index in [9.17, 15) is 14.3 Å². The molecule has 0 saturated carbocycles. The van der Waals surface area contributed by atoms with Gasteiger partial charge >= 0.3 is 0 Å². The molecule has 2 aromatic rings. The quantitative estimate of drug-likeness (QED) is 0.894. The lowest BCUT2D eigenvalue weighted by atomic mass is 9.89. The van der Waals surface area contributed by atoms with Crippen molar-refractivity contribution in [3.8, 4) is 5.75 Å². The number of rotatable bonds is 2. The molecular formula is C18H17ClFNO2. The number of halogens is 2. The number of hydrogen-bond acceptors (Lipinski definition) is 2. The average molecular weight is 334 g/mol. The summed E-state index contributed by atoms with van der Waals surface area (Å²) in [5, 5.41) is 9.50. The molecule has 0 unspecified atom stereocenters. The average Bonchev–Trinajstić information content (AvgIpc) is 2.55. The lowest BCUT2D eigenvalue weighted by Crippen LogP contribution is -2.38. The molecule has 1 aliphatic rings. The first kappa shape index (κ1) is 15.8. The fourth-order valence-corrected chi connectivity index (χ4v) is 3.24. The number of likely N-dealkylation sites (tertiary alicyclic amines) is 1. The molecule has 2 aromatic carbocycles. The molecule has 0 bridgehead atoms. The van der Waals surface area contributed by atoms with E-state index in [1.807, 2.05) is 12.1 Å². The van der Waals surface area contributed by atoms with Gasteiger partial charge in [0.25, 0.3) is 5.91 Å². The van der Waals surface area contributed by atoms with Crippen LogP contribution in [0.4, 0.5) is 4.39 Å². The number of phenols is 1. The summed E-state index contributed by atoms with van der Waals surface area (Å²) >= 11 is 5.97. The first-order chi connectivity index (χ1) is 11.0. The smallest absolute Gasteiger partial charge is 0.255 e. The number of benzene rings is 2. The van der Waals surface area contributed by atoms with Crippen molar-refractivity contribution in [2.45, 2.75) is 18.8 Å². The van der Waals surface area contributed by atoms with Gasteiger partial charge in [0.15, 0.2) is 0 Å². The second kappa shape index (κ2) is 6.59. The molecule has 1 saturated heterocycles. The summed E-state index contributed by atoms with van der Waals surface area (Å²) in [4.78, 5) is 14.3. The third-order valence-electron chi connectivity index (χ3n) is 4.31. The Morgan fingerprint density at radius 2 is 1.78 bits per heavy atom. The third kappa shape index (κ3) is 3.48.